The van der Waals surface area contributed by atoms with Gasteiger partial charge in [0.25, 0.3) is 0 Å². The summed E-state index contributed by atoms with van der Waals surface area (Å²) in [5, 5.41) is 12.1. The molecule has 1 rings (SSSR count). The molecule has 0 atom stereocenters. The van der Waals surface area contributed by atoms with Crippen LogP contribution >= 0.6 is 0 Å². The van der Waals surface area contributed by atoms with Gasteiger partial charge in [-0.15, -0.1) is 0 Å². The monoisotopic (exact) mass is 267 g/mol. The van der Waals surface area contributed by atoms with Gasteiger partial charge in [-0.25, -0.2) is 0 Å². The molecule has 6 heteroatoms. The Hall–Kier alpha value is -2.24. The number of hydrogen-bond acceptors (Lipinski definition) is 5. The van der Waals surface area contributed by atoms with E-state index in [0.29, 0.717) is 18.1 Å². The van der Waals surface area contributed by atoms with E-state index >= 15 is 0 Å². The molecule has 0 radical (unpaired) electrons. The number of oxime groups is 1. The fourth-order valence-electron chi connectivity index (χ4n) is 1.32. The summed E-state index contributed by atoms with van der Waals surface area (Å²) in [6, 6.07) is 5.34. The van der Waals surface area contributed by atoms with Crippen molar-refractivity contribution >= 4 is 12.2 Å². The quantitative estimate of drug-likeness (QED) is 0.442. The number of rotatable bonds is 8. The van der Waals surface area contributed by atoms with Gasteiger partial charge in [0, 0.05) is 5.56 Å². The van der Waals surface area contributed by atoms with Crippen LogP contribution in [0.25, 0.3) is 0 Å². The molecule has 6 nitrogen and oxygen atoms in total. The first kappa shape index (κ1) is 14.8. The molecule has 19 heavy (non-hydrogen) atoms. The summed E-state index contributed by atoms with van der Waals surface area (Å²) in [5.41, 5.74) is 0.774. The molecule has 0 aliphatic carbocycles. The van der Waals surface area contributed by atoms with Crippen LogP contribution in [0.5, 0.6) is 11.5 Å². The minimum atomic E-state index is -0.919. The van der Waals surface area contributed by atoms with Gasteiger partial charge in [-0.1, -0.05) is 5.16 Å². The standard InChI is InChI=1S/C13H17NO5/c1-3-18-11-5-4-10(8-12(11)17-2)9-14-19-7-6-13(15)16/h4-5,8-9H,3,6-7H2,1-2H3,(H,15,16)/b14-9+. The van der Waals surface area contributed by atoms with Gasteiger partial charge in [0.15, 0.2) is 11.5 Å². The van der Waals surface area contributed by atoms with Crippen molar-refractivity contribution in [2.45, 2.75) is 13.3 Å². The Labute approximate surface area is 111 Å². The largest absolute Gasteiger partial charge is 0.493 e. The predicted octanol–water partition coefficient (Wildman–Crippen LogP) is 1.92. The third-order valence-corrected chi connectivity index (χ3v) is 2.17. The van der Waals surface area contributed by atoms with Gasteiger partial charge in [0.05, 0.1) is 26.4 Å². The van der Waals surface area contributed by atoms with Crippen LogP contribution in [-0.4, -0.2) is 37.6 Å². The molecule has 0 saturated heterocycles. The highest BCUT2D eigenvalue weighted by atomic mass is 16.6. The summed E-state index contributed by atoms with van der Waals surface area (Å²) < 4.78 is 10.6. The summed E-state index contributed by atoms with van der Waals surface area (Å²) >= 11 is 0. The molecule has 0 spiro atoms. The SMILES string of the molecule is CCOc1ccc(/C=N/OCCC(=O)O)cc1OC. The molecule has 0 saturated carbocycles. The fourth-order valence-corrected chi connectivity index (χ4v) is 1.32. The molecule has 0 heterocycles. The Balaban J connectivity index is 2.58. The lowest BCUT2D eigenvalue weighted by Gasteiger charge is -2.09. The summed E-state index contributed by atoms with van der Waals surface area (Å²) in [6.45, 7) is 2.49. The first-order chi connectivity index (χ1) is 9.17. The molecule has 0 aliphatic heterocycles. The van der Waals surface area contributed by atoms with Crippen molar-refractivity contribution in [1.82, 2.24) is 0 Å². The van der Waals surface area contributed by atoms with Crippen molar-refractivity contribution < 1.29 is 24.2 Å². The zero-order valence-electron chi connectivity index (χ0n) is 11.0. The molecule has 0 fully saturated rings. The number of ether oxygens (including phenoxy) is 2. The lowest BCUT2D eigenvalue weighted by Crippen LogP contribution is -2.00. The van der Waals surface area contributed by atoms with Crippen molar-refractivity contribution in [3.63, 3.8) is 0 Å². The van der Waals surface area contributed by atoms with E-state index < -0.39 is 5.97 Å². The molecule has 1 N–H and O–H groups in total. The van der Waals surface area contributed by atoms with Gasteiger partial charge in [-0.3, -0.25) is 4.79 Å². The number of methoxy groups -OCH3 is 1. The Morgan fingerprint density at radius 1 is 1.42 bits per heavy atom. The number of hydrogen-bond donors (Lipinski definition) is 1. The first-order valence-corrected chi connectivity index (χ1v) is 5.85. The summed E-state index contributed by atoms with van der Waals surface area (Å²) in [7, 11) is 1.56. The molecule has 1 aromatic rings. The van der Waals surface area contributed by atoms with E-state index in [-0.39, 0.29) is 13.0 Å². The maximum absolute atomic E-state index is 10.3. The van der Waals surface area contributed by atoms with Gasteiger partial charge >= 0.3 is 5.97 Å². The van der Waals surface area contributed by atoms with Crippen LogP contribution in [0, 0.1) is 0 Å². The van der Waals surface area contributed by atoms with E-state index in [1.165, 1.54) is 6.21 Å². The Morgan fingerprint density at radius 3 is 2.84 bits per heavy atom. The van der Waals surface area contributed by atoms with Gasteiger partial charge in [0.2, 0.25) is 0 Å². The van der Waals surface area contributed by atoms with E-state index in [1.54, 1.807) is 25.3 Å². The molecule has 0 unspecified atom stereocenters. The number of carboxylic acids is 1. The average Bonchev–Trinajstić information content (AvgIpc) is 2.39. The van der Waals surface area contributed by atoms with Crippen LogP contribution in [0.15, 0.2) is 23.4 Å². The first-order valence-electron chi connectivity index (χ1n) is 5.85. The van der Waals surface area contributed by atoms with Crippen LogP contribution < -0.4 is 9.47 Å². The van der Waals surface area contributed by atoms with Crippen molar-refractivity contribution in [3.8, 4) is 11.5 Å². The van der Waals surface area contributed by atoms with Crippen LogP contribution in [0.4, 0.5) is 0 Å². The van der Waals surface area contributed by atoms with Crippen molar-refractivity contribution in [3.05, 3.63) is 23.8 Å². The third kappa shape index (κ3) is 5.29. The van der Waals surface area contributed by atoms with E-state index in [1.807, 2.05) is 6.92 Å². The van der Waals surface area contributed by atoms with E-state index in [0.717, 1.165) is 5.56 Å². The number of aliphatic carboxylic acids is 1. The van der Waals surface area contributed by atoms with Crippen molar-refractivity contribution in [1.29, 1.82) is 0 Å². The molecule has 104 valence electrons. The number of benzene rings is 1. The number of nitrogens with zero attached hydrogens (tertiary/aromatic N) is 1. The third-order valence-electron chi connectivity index (χ3n) is 2.17. The maximum atomic E-state index is 10.3. The molecule has 1 aromatic carbocycles. The molecule has 0 aliphatic rings. The minimum Gasteiger partial charge on any atom is -0.493 e. The van der Waals surface area contributed by atoms with Gasteiger partial charge in [-0.2, -0.15) is 0 Å². The van der Waals surface area contributed by atoms with E-state index in [2.05, 4.69) is 5.16 Å². The van der Waals surface area contributed by atoms with Crippen molar-refractivity contribution in [2.75, 3.05) is 20.3 Å². The highest BCUT2D eigenvalue weighted by molar-refractivity contribution is 5.80. The summed E-state index contributed by atoms with van der Waals surface area (Å²) in [4.78, 5) is 15.1. The fraction of sp³-hybridized carbons (Fsp3) is 0.385. The zero-order valence-corrected chi connectivity index (χ0v) is 11.0. The lowest BCUT2D eigenvalue weighted by atomic mass is 10.2. The average molecular weight is 267 g/mol. The smallest absolute Gasteiger partial charge is 0.306 e. The van der Waals surface area contributed by atoms with E-state index in [9.17, 15) is 4.79 Å². The molecular weight excluding hydrogens is 250 g/mol. The second-order valence-corrected chi connectivity index (χ2v) is 3.55. The van der Waals surface area contributed by atoms with Crippen molar-refractivity contribution in [2.24, 2.45) is 5.16 Å². The topological polar surface area (TPSA) is 77.4 Å². The van der Waals surface area contributed by atoms with Crippen LogP contribution in [0.1, 0.15) is 18.9 Å². The summed E-state index contributed by atoms with van der Waals surface area (Å²) in [5.74, 6) is 0.350. The number of carbonyl (C=O) groups is 1. The molecule has 0 amide bonds. The maximum Gasteiger partial charge on any atom is 0.306 e. The Morgan fingerprint density at radius 2 is 2.21 bits per heavy atom. The summed E-state index contributed by atoms with van der Waals surface area (Å²) in [6.07, 6.45) is 1.41. The number of carboxylic acid groups (broad SMARTS) is 1. The van der Waals surface area contributed by atoms with E-state index in [4.69, 9.17) is 19.4 Å². The highest BCUT2D eigenvalue weighted by Gasteiger charge is 2.04. The van der Waals surface area contributed by atoms with Gasteiger partial charge < -0.3 is 19.4 Å². The van der Waals surface area contributed by atoms with Gasteiger partial charge in [0.1, 0.15) is 6.61 Å². The molecule has 0 aromatic heterocycles. The van der Waals surface area contributed by atoms with Crippen LogP contribution in [0.2, 0.25) is 0 Å². The highest BCUT2D eigenvalue weighted by Crippen LogP contribution is 2.27. The van der Waals surface area contributed by atoms with Crippen LogP contribution in [0.3, 0.4) is 0 Å². The van der Waals surface area contributed by atoms with Gasteiger partial charge in [-0.05, 0) is 25.1 Å². The second kappa shape index (κ2) is 7.97. The molecular formula is C13H17NO5. The Kier molecular flexibility index (Phi) is 6.21. The predicted molar refractivity (Wildman–Crippen MR) is 70.0 cm³/mol. The minimum absolute atomic E-state index is 0.0417. The van der Waals surface area contributed by atoms with Crippen LogP contribution in [-0.2, 0) is 9.63 Å². The normalized spacial score (nSPS) is 10.4. The zero-order chi connectivity index (χ0) is 14.1. The Bertz CT molecular complexity index is 445. The lowest BCUT2D eigenvalue weighted by molar-refractivity contribution is -0.138. The molecule has 0 bridgehead atoms. The second-order valence-electron chi connectivity index (χ2n) is 3.55.